The lowest BCUT2D eigenvalue weighted by atomic mass is 10.1. The largest absolute Gasteiger partial charge is 0.493 e. The normalized spacial score (nSPS) is 16.8. The standard InChI is InChI=1S/C22H30N4O2/c1-23-22(24-13-11-17-9-10-20(27-2)21(15-17)28-3)25-18-12-14-26(16-18)19-7-5-4-6-8-19/h4-10,15,18H,11-14,16H2,1-3H3,(H2,23,24,25). The number of benzene rings is 2. The van der Waals surface area contributed by atoms with Gasteiger partial charge in [-0.05, 0) is 42.7 Å². The minimum absolute atomic E-state index is 0.396. The minimum atomic E-state index is 0.396. The van der Waals surface area contributed by atoms with Gasteiger partial charge < -0.3 is 25.0 Å². The number of hydrogen-bond donors (Lipinski definition) is 2. The second-order valence-electron chi connectivity index (χ2n) is 6.85. The number of nitrogens with zero attached hydrogens (tertiary/aromatic N) is 2. The van der Waals surface area contributed by atoms with Crippen molar-refractivity contribution in [3.05, 3.63) is 54.1 Å². The number of nitrogens with one attached hydrogen (secondary N) is 2. The summed E-state index contributed by atoms with van der Waals surface area (Å²) in [6.07, 6.45) is 1.98. The summed E-state index contributed by atoms with van der Waals surface area (Å²) in [6, 6.07) is 17.0. The number of anilines is 1. The first kappa shape index (κ1) is 19.9. The number of aliphatic imine (C=N–C) groups is 1. The Hall–Kier alpha value is -2.89. The molecule has 1 heterocycles. The highest BCUT2D eigenvalue weighted by atomic mass is 16.5. The van der Waals surface area contributed by atoms with E-state index in [0.717, 1.165) is 49.9 Å². The molecular formula is C22H30N4O2. The highest BCUT2D eigenvalue weighted by molar-refractivity contribution is 5.80. The smallest absolute Gasteiger partial charge is 0.191 e. The fourth-order valence-corrected chi connectivity index (χ4v) is 3.50. The van der Waals surface area contributed by atoms with Gasteiger partial charge in [0.25, 0.3) is 0 Å². The van der Waals surface area contributed by atoms with Crippen molar-refractivity contribution in [3.63, 3.8) is 0 Å². The number of guanidine groups is 1. The van der Waals surface area contributed by atoms with E-state index >= 15 is 0 Å². The maximum absolute atomic E-state index is 5.37. The monoisotopic (exact) mass is 382 g/mol. The molecule has 2 N–H and O–H groups in total. The molecular weight excluding hydrogens is 352 g/mol. The van der Waals surface area contributed by atoms with Crippen molar-refractivity contribution in [2.75, 3.05) is 45.8 Å². The van der Waals surface area contributed by atoms with Crippen molar-refractivity contribution in [2.45, 2.75) is 18.9 Å². The number of para-hydroxylation sites is 1. The van der Waals surface area contributed by atoms with Gasteiger partial charge in [-0.15, -0.1) is 0 Å². The first-order valence-corrected chi connectivity index (χ1v) is 9.71. The highest BCUT2D eigenvalue weighted by Gasteiger charge is 2.23. The Morgan fingerprint density at radius 3 is 2.61 bits per heavy atom. The summed E-state index contributed by atoms with van der Waals surface area (Å²) in [5, 5.41) is 6.96. The minimum Gasteiger partial charge on any atom is -0.493 e. The number of ether oxygens (including phenoxy) is 2. The van der Waals surface area contributed by atoms with Gasteiger partial charge in [-0.1, -0.05) is 24.3 Å². The molecule has 1 aliphatic heterocycles. The predicted molar refractivity (Wildman–Crippen MR) is 115 cm³/mol. The molecule has 0 spiro atoms. The molecule has 6 heteroatoms. The highest BCUT2D eigenvalue weighted by Crippen LogP contribution is 2.27. The lowest BCUT2D eigenvalue weighted by molar-refractivity contribution is 0.354. The molecule has 1 fully saturated rings. The van der Waals surface area contributed by atoms with Crippen LogP contribution in [0.15, 0.2) is 53.5 Å². The van der Waals surface area contributed by atoms with E-state index in [-0.39, 0.29) is 0 Å². The van der Waals surface area contributed by atoms with Gasteiger partial charge in [0.15, 0.2) is 17.5 Å². The molecule has 0 aromatic heterocycles. The molecule has 0 aliphatic carbocycles. The van der Waals surface area contributed by atoms with Crippen LogP contribution in [0.3, 0.4) is 0 Å². The summed E-state index contributed by atoms with van der Waals surface area (Å²) in [7, 11) is 5.12. The Labute approximate surface area is 167 Å². The third-order valence-corrected chi connectivity index (χ3v) is 5.03. The van der Waals surface area contributed by atoms with Gasteiger partial charge in [-0.3, -0.25) is 4.99 Å². The van der Waals surface area contributed by atoms with Crippen molar-refractivity contribution in [2.24, 2.45) is 4.99 Å². The molecule has 0 saturated carbocycles. The predicted octanol–water partition coefficient (Wildman–Crippen LogP) is 2.69. The van der Waals surface area contributed by atoms with E-state index in [1.54, 1.807) is 14.2 Å². The van der Waals surface area contributed by atoms with Crippen LogP contribution in [0.4, 0.5) is 5.69 Å². The maximum atomic E-state index is 5.37. The fourth-order valence-electron chi connectivity index (χ4n) is 3.50. The molecule has 0 amide bonds. The van der Waals surface area contributed by atoms with Gasteiger partial charge in [-0.25, -0.2) is 0 Å². The summed E-state index contributed by atoms with van der Waals surface area (Å²) >= 11 is 0. The summed E-state index contributed by atoms with van der Waals surface area (Å²) in [4.78, 5) is 6.78. The molecule has 0 bridgehead atoms. The third-order valence-electron chi connectivity index (χ3n) is 5.03. The molecule has 2 aromatic rings. The number of rotatable bonds is 7. The van der Waals surface area contributed by atoms with Gasteiger partial charge >= 0.3 is 0 Å². The van der Waals surface area contributed by atoms with Crippen molar-refractivity contribution in [3.8, 4) is 11.5 Å². The van der Waals surface area contributed by atoms with Crippen molar-refractivity contribution < 1.29 is 9.47 Å². The van der Waals surface area contributed by atoms with Crippen LogP contribution < -0.4 is 25.0 Å². The van der Waals surface area contributed by atoms with Crippen LogP contribution in [0.1, 0.15) is 12.0 Å². The Bertz CT molecular complexity index is 779. The van der Waals surface area contributed by atoms with Gasteiger partial charge in [0.05, 0.1) is 14.2 Å². The molecule has 1 atom stereocenters. The topological polar surface area (TPSA) is 58.1 Å². The van der Waals surface area contributed by atoms with Crippen LogP contribution in [-0.2, 0) is 6.42 Å². The van der Waals surface area contributed by atoms with Gasteiger partial charge in [0.2, 0.25) is 0 Å². The Morgan fingerprint density at radius 2 is 1.89 bits per heavy atom. The summed E-state index contributed by atoms with van der Waals surface area (Å²) < 4.78 is 10.7. The number of methoxy groups -OCH3 is 2. The molecule has 0 radical (unpaired) electrons. The third kappa shape index (κ3) is 5.09. The van der Waals surface area contributed by atoms with E-state index in [9.17, 15) is 0 Å². The molecule has 1 unspecified atom stereocenters. The van der Waals surface area contributed by atoms with Gasteiger partial charge in [0.1, 0.15) is 0 Å². The average molecular weight is 383 g/mol. The van der Waals surface area contributed by atoms with Crippen LogP contribution in [0.25, 0.3) is 0 Å². The van der Waals surface area contributed by atoms with Crippen LogP contribution >= 0.6 is 0 Å². The van der Waals surface area contributed by atoms with E-state index in [0.29, 0.717) is 6.04 Å². The van der Waals surface area contributed by atoms with Crippen molar-refractivity contribution in [1.82, 2.24) is 10.6 Å². The van der Waals surface area contributed by atoms with Crippen LogP contribution in [-0.4, -0.2) is 52.9 Å². The molecule has 3 rings (SSSR count). The second-order valence-corrected chi connectivity index (χ2v) is 6.85. The maximum Gasteiger partial charge on any atom is 0.191 e. The van der Waals surface area contributed by atoms with Crippen molar-refractivity contribution in [1.29, 1.82) is 0 Å². The van der Waals surface area contributed by atoms with Crippen LogP contribution in [0, 0.1) is 0 Å². The zero-order chi connectivity index (χ0) is 19.8. The molecule has 2 aromatic carbocycles. The zero-order valence-corrected chi connectivity index (χ0v) is 16.9. The van der Waals surface area contributed by atoms with E-state index in [2.05, 4.69) is 56.9 Å². The molecule has 1 saturated heterocycles. The first-order valence-electron chi connectivity index (χ1n) is 9.71. The Morgan fingerprint density at radius 1 is 1.11 bits per heavy atom. The zero-order valence-electron chi connectivity index (χ0n) is 16.9. The quantitative estimate of drug-likeness (QED) is 0.570. The molecule has 6 nitrogen and oxygen atoms in total. The van der Waals surface area contributed by atoms with E-state index in [1.807, 2.05) is 19.2 Å². The van der Waals surface area contributed by atoms with E-state index in [1.165, 1.54) is 11.3 Å². The number of hydrogen-bond acceptors (Lipinski definition) is 4. The van der Waals surface area contributed by atoms with Crippen LogP contribution in [0.2, 0.25) is 0 Å². The Balaban J connectivity index is 1.47. The van der Waals surface area contributed by atoms with Crippen LogP contribution in [0.5, 0.6) is 11.5 Å². The van der Waals surface area contributed by atoms with E-state index in [4.69, 9.17) is 9.47 Å². The average Bonchev–Trinajstić information content (AvgIpc) is 3.22. The lowest BCUT2D eigenvalue weighted by Gasteiger charge is -2.20. The second kappa shape index (κ2) is 9.88. The van der Waals surface area contributed by atoms with Gasteiger partial charge in [-0.2, -0.15) is 0 Å². The fraction of sp³-hybridized carbons (Fsp3) is 0.409. The molecule has 28 heavy (non-hydrogen) atoms. The summed E-state index contributed by atoms with van der Waals surface area (Å²) in [6.45, 7) is 2.84. The first-order chi connectivity index (χ1) is 13.7. The molecule has 150 valence electrons. The summed E-state index contributed by atoms with van der Waals surface area (Å²) in [5.74, 6) is 2.36. The SMILES string of the molecule is CN=C(NCCc1ccc(OC)c(OC)c1)NC1CCN(c2ccccc2)C1. The van der Waals surface area contributed by atoms with E-state index < -0.39 is 0 Å². The molecule has 1 aliphatic rings. The Kier molecular flexibility index (Phi) is 7.00. The lowest BCUT2D eigenvalue weighted by Crippen LogP contribution is -2.45. The van der Waals surface area contributed by atoms with Crippen molar-refractivity contribution >= 4 is 11.6 Å². The van der Waals surface area contributed by atoms with Gasteiger partial charge in [0, 0.05) is 38.4 Å². The summed E-state index contributed by atoms with van der Waals surface area (Å²) in [5.41, 5.74) is 2.47.